The number of primary amides is 1. The lowest BCUT2D eigenvalue weighted by atomic mass is 10.0. The Balaban J connectivity index is 1.84. The molecule has 2 unspecified atom stereocenters. The highest BCUT2D eigenvalue weighted by Gasteiger charge is 2.16. The van der Waals surface area contributed by atoms with Crippen molar-refractivity contribution < 1.29 is 24.2 Å². The SMILES string of the molecule is CCOCCOc1ccc(C(O)CNC(C)CCc2ccc(NC(C)=O)cc2)cc1C(N)=O. The molecular weight excluding hydrogens is 422 g/mol. The minimum absolute atomic E-state index is 0.0918. The third-order valence-electron chi connectivity index (χ3n) is 5.14. The number of hydrogen-bond donors (Lipinski definition) is 4. The van der Waals surface area contributed by atoms with Crippen LogP contribution in [0.15, 0.2) is 42.5 Å². The van der Waals surface area contributed by atoms with Gasteiger partial charge >= 0.3 is 0 Å². The van der Waals surface area contributed by atoms with Gasteiger partial charge in [-0.05, 0) is 62.1 Å². The molecule has 2 amide bonds. The van der Waals surface area contributed by atoms with Crippen LogP contribution in [0, 0.1) is 0 Å². The summed E-state index contributed by atoms with van der Waals surface area (Å²) in [4.78, 5) is 22.9. The second kappa shape index (κ2) is 13.6. The Kier molecular flexibility index (Phi) is 10.8. The first-order chi connectivity index (χ1) is 15.8. The summed E-state index contributed by atoms with van der Waals surface area (Å²) in [6, 6.07) is 12.9. The number of nitrogens with two attached hydrogens (primary N) is 1. The van der Waals surface area contributed by atoms with Crippen molar-refractivity contribution in [2.24, 2.45) is 5.73 Å². The van der Waals surface area contributed by atoms with Gasteiger partial charge in [0, 0.05) is 31.8 Å². The smallest absolute Gasteiger partial charge is 0.252 e. The maximum atomic E-state index is 11.8. The lowest BCUT2D eigenvalue weighted by Crippen LogP contribution is -2.31. The Labute approximate surface area is 195 Å². The van der Waals surface area contributed by atoms with Crippen molar-refractivity contribution in [1.82, 2.24) is 5.32 Å². The Hall–Kier alpha value is -2.94. The van der Waals surface area contributed by atoms with Gasteiger partial charge in [0.2, 0.25) is 5.91 Å². The predicted molar refractivity (Wildman–Crippen MR) is 128 cm³/mol. The average Bonchev–Trinajstić information content (AvgIpc) is 2.79. The molecule has 33 heavy (non-hydrogen) atoms. The lowest BCUT2D eigenvalue weighted by Gasteiger charge is -2.19. The van der Waals surface area contributed by atoms with Crippen molar-refractivity contribution in [2.45, 2.75) is 45.8 Å². The number of aliphatic hydroxyl groups excluding tert-OH is 1. The number of hydrogen-bond acceptors (Lipinski definition) is 6. The average molecular weight is 458 g/mol. The van der Waals surface area contributed by atoms with E-state index in [0.29, 0.717) is 37.7 Å². The third-order valence-corrected chi connectivity index (χ3v) is 5.14. The van der Waals surface area contributed by atoms with Gasteiger partial charge in [-0.3, -0.25) is 9.59 Å². The van der Waals surface area contributed by atoms with E-state index in [1.165, 1.54) is 12.5 Å². The highest BCUT2D eigenvalue weighted by Crippen LogP contribution is 2.23. The van der Waals surface area contributed by atoms with Gasteiger partial charge in [-0.2, -0.15) is 0 Å². The lowest BCUT2D eigenvalue weighted by molar-refractivity contribution is -0.114. The molecule has 2 atom stereocenters. The van der Waals surface area contributed by atoms with Crippen molar-refractivity contribution in [3.63, 3.8) is 0 Å². The predicted octanol–water partition coefficient (Wildman–Crippen LogP) is 2.80. The summed E-state index contributed by atoms with van der Waals surface area (Å²) in [7, 11) is 0. The molecule has 0 aromatic heterocycles. The first-order valence-electron chi connectivity index (χ1n) is 11.2. The minimum atomic E-state index is -0.792. The fourth-order valence-electron chi connectivity index (χ4n) is 3.30. The van der Waals surface area contributed by atoms with Crippen LogP contribution in [0.25, 0.3) is 0 Å². The molecule has 0 aliphatic carbocycles. The van der Waals surface area contributed by atoms with Crippen molar-refractivity contribution in [3.8, 4) is 5.75 Å². The summed E-state index contributed by atoms with van der Waals surface area (Å²) in [5.41, 5.74) is 8.27. The summed E-state index contributed by atoms with van der Waals surface area (Å²) in [5, 5.41) is 16.7. The number of benzene rings is 2. The van der Waals surface area contributed by atoms with Crippen LogP contribution in [0.1, 0.15) is 54.8 Å². The molecule has 0 aliphatic heterocycles. The molecule has 2 rings (SSSR count). The number of aliphatic hydroxyl groups is 1. The fourth-order valence-corrected chi connectivity index (χ4v) is 3.30. The summed E-state index contributed by atoms with van der Waals surface area (Å²) < 4.78 is 10.8. The van der Waals surface area contributed by atoms with E-state index in [9.17, 15) is 14.7 Å². The number of aryl methyl sites for hydroxylation is 1. The molecule has 0 saturated heterocycles. The summed E-state index contributed by atoms with van der Waals surface area (Å²) in [6.45, 7) is 7.09. The van der Waals surface area contributed by atoms with Gasteiger partial charge in [0.1, 0.15) is 12.4 Å². The number of carbonyl (C=O) groups excluding carboxylic acids is 2. The second-order valence-electron chi connectivity index (χ2n) is 7.91. The quantitative estimate of drug-likeness (QED) is 0.324. The van der Waals surface area contributed by atoms with Crippen LogP contribution in [0.5, 0.6) is 5.75 Å². The second-order valence-corrected chi connectivity index (χ2v) is 7.91. The van der Waals surface area contributed by atoms with E-state index in [0.717, 1.165) is 18.5 Å². The Bertz CT molecular complexity index is 901. The van der Waals surface area contributed by atoms with Crippen LogP contribution in [0.4, 0.5) is 5.69 Å². The van der Waals surface area contributed by atoms with E-state index in [4.69, 9.17) is 15.2 Å². The van der Waals surface area contributed by atoms with Crippen LogP contribution in [-0.2, 0) is 16.0 Å². The molecule has 0 heterocycles. The number of ether oxygens (including phenoxy) is 2. The molecular formula is C25H35N3O5. The van der Waals surface area contributed by atoms with Gasteiger partial charge in [0.25, 0.3) is 5.91 Å². The van der Waals surface area contributed by atoms with Crippen molar-refractivity contribution >= 4 is 17.5 Å². The van der Waals surface area contributed by atoms with Crippen molar-refractivity contribution in [1.29, 1.82) is 0 Å². The van der Waals surface area contributed by atoms with E-state index >= 15 is 0 Å². The molecule has 0 aliphatic rings. The molecule has 5 N–H and O–H groups in total. The summed E-state index contributed by atoms with van der Waals surface area (Å²) in [5.74, 6) is -0.323. The molecule has 180 valence electrons. The van der Waals surface area contributed by atoms with E-state index in [2.05, 4.69) is 17.6 Å². The zero-order valence-corrected chi connectivity index (χ0v) is 19.6. The Morgan fingerprint density at radius 2 is 1.85 bits per heavy atom. The van der Waals surface area contributed by atoms with Crippen molar-refractivity contribution in [3.05, 3.63) is 59.2 Å². The summed E-state index contributed by atoms with van der Waals surface area (Å²) in [6.07, 6.45) is 0.954. The normalized spacial score (nSPS) is 12.7. The van der Waals surface area contributed by atoms with Gasteiger partial charge in [-0.25, -0.2) is 0 Å². The molecule has 0 spiro atoms. The van der Waals surface area contributed by atoms with Crippen LogP contribution in [-0.4, -0.2) is 49.3 Å². The zero-order chi connectivity index (χ0) is 24.2. The van der Waals surface area contributed by atoms with Crippen LogP contribution in [0.3, 0.4) is 0 Å². The molecule has 8 heteroatoms. The van der Waals surface area contributed by atoms with Gasteiger partial charge in [-0.15, -0.1) is 0 Å². The standard InChI is InChI=1S/C25H35N3O5/c1-4-32-13-14-33-24-12-9-20(15-22(24)25(26)31)23(30)16-27-17(2)5-6-19-7-10-21(11-8-19)28-18(3)29/h7-12,15,17,23,27,30H,4-6,13-14,16H2,1-3H3,(H2,26,31)(H,28,29). The molecule has 2 aromatic rings. The Morgan fingerprint density at radius 1 is 1.12 bits per heavy atom. The number of nitrogens with one attached hydrogen (secondary N) is 2. The van der Waals surface area contributed by atoms with Gasteiger partial charge in [0.15, 0.2) is 0 Å². The molecule has 0 bridgehead atoms. The van der Waals surface area contributed by atoms with E-state index < -0.39 is 12.0 Å². The molecule has 0 saturated carbocycles. The minimum Gasteiger partial charge on any atom is -0.490 e. The molecule has 0 radical (unpaired) electrons. The van der Waals surface area contributed by atoms with E-state index in [1.807, 2.05) is 31.2 Å². The maximum Gasteiger partial charge on any atom is 0.252 e. The number of carbonyl (C=O) groups is 2. The molecule has 0 fully saturated rings. The highest BCUT2D eigenvalue weighted by molar-refractivity contribution is 5.95. The van der Waals surface area contributed by atoms with E-state index in [1.54, 1.807) is 18.2 Å². The third kappa shape index (κ3) is 9.21. The fraction of sp³-hybridized carbons (Fsp3) is 0.440. The first-order valence-corrected chi connectivity index (χ1v) is 11.2. The monoisotopic (exact) mass is 457 g/mol. The van der Waals surface area contributed by atoms with Crippen LogP contribution >= 0.6 is 0 Å². The van der Waals surface area contributed by atoms with E-state index in [-0.39, 0.29) is 17.5 Å². The molecule has 2 aromatic carbocycles. The van der Waals surface area contributed by atoms with Gasteiger partial charge < -0.3 is 30.9 Å². The van der Waals surface area contributed by atoms with Gasteiger partial charge in [0.05, 0.1) is 18.3 Å². The van der Waals surface area contributed by atoms with Crippen LogP contribution in [0.2, 0.25) is 0 Å². The summed E-state index contributed by atoms with van der Waals surface area (Å²) >= 11 is 0. The van der Waals surface area contributed by atoms with Crippen LogP contribution < -0.4 is 21.1 Å². The first kappa shape index (κ1) is 26.3. The highest BCUT2D eigenvalue weighted by atomic mass is 16.5. The zero-order valence-electron chi connectivity index (χ0n) is 19.6. The topological polar surface area (TPSA) is 123 Å². The largest absolute Gasteiger partial charge is 0.490 e. The Morgan fingerprint density at radius 3 is 2.48 bits per heavy atom. The number of rotatable bonds is 14. The maximum absolute atomic E-state index is 11.8. The van der Waals surface area contributed by atoms with Crippen molar-refractivity contribution in [2.75, 3.05) is 31.7 Å². The molecule has 8 nitrogen and oxygen atoms in total. The number of anilines is 1. The number of amides is 2. The van der Waals surface area contributed by atoms with Gasteiger partial charge in [-0.1, -0.05) is 18.2 Å².